The Hall–Kier alpha value is -2.27. The lowest BCUT2D eigenvalue weighted by molar-refractivity contribution is -0.0115. The molecule has 1 aromatic carbocycles. The second kappa shape index (κ2) is 5.38. The average molecular weight is 273 g/mol. The van der Waals surface area contributed by atoms with Gasteiger partial charge in [0.1, 0.15) is 18.5 Å². The number of pyridine rings is 1. The number of hydrogen-bond acceptors (Lipinski definition) is 5. The van der Waals surface area contributed by atoms with E-state index in [0.717, 1.165) is 0 Å². The van der Waals surface area contributed by atoms with Crippen molar-refractivity contribution in [1.82, 2.24) is 4.98 Å². The van der Waals surface area contributed by atoms with E-state index in [1.165, 1.54) is 0 Å². The van der Waals surface area contributed by atoms with Crippen LogP contribution in [0.25, 0.3) is 0 Å². The van der Waals surface area contributed by atoms with E-state index in [4.69, 9.17) is 14.2 Å². The Kier molecular flexibility index (Phi) is 3.43. The lowest BCUT2D eigenvalue weighted by Crippen LogP contribution is -2.34. The summed E-state index contributed by atoms with van der Waals surface area (Å²) >= 11 is 0. The van der Waals surface area contributed by atoms with Gasteiger partial charge < -0.3 is 19.3 Å². The number of fused-ring (bicyclic) bond motifs is 1. The largest absolute Gasteiger partial charge is 0.495 e. The van der Waals surface area contributed by atoms with Crippen molar-refractivity contribution in [2.24, 2.45) is 0 Å². The van der Waals surface area contributed by atoms with E-state index < -0.39 is 12.2 Å². The summed E-state index contributed by atoms with van der Waals surface area (Å²) < 4.78 is 16.5. The number of ether oxygens (including phenoxy) is 3. The maximum absolute atomic E-state index is 10.4. The van der Waals surface area contributed by atoms with Crippen molar-refractivity contribution >= 4 is 0 Å². The molecule has 1 aliphatic rings. The third kappa shape index (κ3) is 2.40. The normalized spacial score (nSPS) is 18.4. The Labute approximate surface area is 116 Å². The number of methoxy groups -OCH3 is 1. The summed E-state index contributed by atoms with van der Waals surface area (Å²) in [6, 6.07) is 9.14. The minimum atomic E-state index is -0.828. The average Bonchev–Trinajstić information content (AvgIpc) is 2.53. The Morgan fingerprint density at radius 2 is 2.10 bits per heavy atom. The molecule has 0 radical (unpaired) electrons. The van der Waals surface area contributed by atoms with Gasteiger partial charge in [0.05, 0.1) is 13.3 Å². The first-order chi connectivity index (χ1) is 9.78. The predicted octanol–water partition coefficient (Wildman–Crippen LogP) is 1.96. The smallest absolute Gasteiger partial charge is 0.163 e. The monoisotopic (exact) mass is 273 g/mol. The van der Waals surface area contributed by atoms with E-state index >= 15 is 0 Å². The Morgan fingerprint density at radius 3 is 2.90 bits per heavy atom. The highest BCUT2D eigenvalue weighted by Crippen LogP contribution is 2.34. The summed E-state index contributed by atoms with van der Waals surface area (Å²) in [7, 11) is 1.56. The van der Waals surface area contributed by atoms with Gasteiger partial charge in [-0.05, 0) is 18.2 Å². The molecule has 2 unspecified atom stereocenters. The van der Waals surface area contributed by atoms with Gasteiger partial charge in [0, 0.05) is 11.8 Å². The molecular weight excluding hydrogens is 258 g/mol. The lowest BCUT2D eigenvalue weighted by atomic mass is 10.1. The second-order valence-corrected chi connectivity index (χ2v) is 4.52. The molecule has 0 fully saturated rings. The van der Waals surface area contributed by atoms with Crippen LogP contribution in [-0.4, -0.2) is 29.9 Å². The van der Waals surface area contributed by atoms with E-state index in [2.05, 4.69) is 4.98 Å². The number of hydrogen-bond donors (Lipinski definition) is 1. The van der Waals surface area contributed by atoms with Crippen LogP contribution in [0.3, 0.4) is 0 Å². The minimum Gasteiger partial charge on any atom is -0.495 e. The first kappa shape index (κ1) is 12.7. The van der Waals surface area contributed by atoms with Crippen molar-refractivity contribution in [1.29, 1.82) is 0 Å². The molecule has 1 aliphatic heterocycles. The molecule has 20 heavy (non-hydrogen) atoms. The molecule has 0 spiro atoms. The molecule has 3 rings (SSSR count). The predicted molar refractivity (Wildman–Crippen MR) is 72.1 cm³/mol. The Morgan fingerprint density at radius 1 is 1.30 bits per heavy atom. The van der Waals surface area contributed by atoms with E-state index in [1.807, 2.05) is 24.3 Å². The quantitative estimate of drug-likeness (QED) is 0.926. The van der Waals surface area contributed by atoms with Crippen molar-refractivity contribution in [2.75, 3.05) is 13.7 Å². The maximum Gasteiger partial charge on any atom is 0.163 e. The fraction of sp³-hybridized carbons (Fsp3) is 0.267. The molecule has 0 aliphatic carbocycles. The molecular formula is C15H15NO4. The standard InChI is InChI=1S/C15H15NO4/c1-18-11-6-10(7-16-8-11)15(17)14-9-19-12-4-2-3-5-13(12)20-14/h2-8,14-15,17H,9H2,1H3. The van der Waals surface area contributed by atoms with Crippen molar-refractivity contribution in [3.05, 3.63) is 48.3 Å². The third-order valence-corrected chi connectivity index (χ3v) is 3.19. The first-order valence-electron chi connectivity index (χ1n) is 6.33. The molecule has 1 N–H and O–H groups in total. The van der Waals surface area contributed by atoms with Crippen LogP contribution in [0.1, 0.15) is 11.7 Å². The van der Waals surface area contributed by atoms with Gasteiger partial charge in [-0.15, -0.1) is 0 Å². The Balaban J connectivity index is 1.80. The molecule has 0 saturated heterocycles. The molecule has 1 aromatic heterocycles. The third-order valence-electron chi connectivity index (χ3n) is 3.19. The number of aliphatic hydroxyl groups is 1. The van der Waals surface area contributed by atoms with Gasteiger partial charge in [-0.25, -0.2) is 0 Å². The van der Waals surface area contributed by atoms with Crippen LogP contribution in [0.15, 0.2) is 42.7 Å². The van der Waals surface area contributed by atoms with E-state index in [9.17, 15) is 5.11 Å². The van der Waals surface area contributed by atoms with Crippen molar-refractivity contribution in [3.63, 3.8) is 0 Å². The Bertz CT molecular complexity index is 602. The molecule has 5 heteroatoms. The summed E-state index contributed by atoms with van der Waals surface area (Å²) in [5.74, 6) is 1.93. The van der Waals surface area contributed by atoms with E-state index in [1.54, 1.807) is 25.6 Å². The number of benzene rings is 1. The van der Waals surface area contributed by atoms with E-state index in [0.29, 0.717) is 22.8 Å². The minimum absolute atomic E-state index is 0.287. The van der Waals surface area contributed by atoms with Crippen molar-refractivity contribution < 1.29 is 19.3 Å². The van der Waals surface area contributed by atoms with Gasteiger partial charge in [-0.1, -0.05) is 12.1 Å². The molecule has 0 bridgehead atoms. The summed E-state index contributed by atoms with van der Waals surface area (Å²) in [5.41, 5.74) is 0.636. The summed E-state index contributed by atoms with van der Waals surface area (Å²) in [6.45, 7) is 0.287. The molecule has 2 atom stereocenters. The topological polar surface area (TPSA) is 60.8 Å². The first-order valence-corrected chi connectivity index (χ1v) is 6.33. The molecule has 2 aromatic rings. The van der Waals surface area contributed by atoms with Crippen LogP contribution in [0.4, 0.5) is 0 Å². The summed E-state index contributed by atoms with van der Waals surface area (Å²) in [4.78, 5) is 4.03. The van der Waals surface area contributed by atoms with Gasteiger partial charge >= 0.3 is 0 Å². The van der Waals surface area contributed by atoms with Crippen LogP contribution < -0.4 is 14.2 Å². The molecule has 5 nitrogen and oxygen atoms in total. The van der Waals surface area contributed by atoms with Crippen molar-refractivity contribution in [2.45, 2.75) is 12.2 Å². The van der Waals surface area contributed by atoms with Crippen LogP contribution in [0, 0.1) is 0 Å². The lowest BCUT2D eigenvalue weighted by Gasteiger charge is -2.29. The zero-order valence-electron chi connectivity index (χ0n) is 11.0. The van der Waals surface area contributed by atoms with Gasteiger partial charge in [-0.2, -0.15) is 0 Å². The number of nitrogens with zero attached hydrogens (tertiary/aromatic N) is 1. The fourth-order valence-electron chi connectivity index (χ4n) is 2.12. The fourth-order valence-corrected chi connectivity index (χ4v) is 2.12. The zero-order chi connectivity index (χ0) is 13.9. The van der Waals surface area contributed by atoms with Crippen LogP contribution >= 0.6 is 0 Å². The molecule has 2 heterocycles. The van der Waals surface area contributed by atoms with Crippen LogP contribution in [0.2, 0.25) is 0 Å². The molecule has 0 amide bonds. The SMILES string of the molecule is COc1cncc(C(O)C2COc3ccccc3O2)c1. The van der Waals surface area contributed by atoms with Gasteiger partial charge in [-0.3, -0.25) is 4.98 Å². The summed E-state index contributed by atoms with van der Waals surface area (Å²) in [6.07, 6.45) is 1.88. The summed E-state index contributed by atoms with van der Waals surface area (Å²) in [5, 5.41) is 10.4. The zero-order valence-corrected chi connectivity index (χ0v) is 11.0. The highest BCUT2D eigenvalue weighted by Gasteiger charge is 2.29. The number of para-hydroxylation sites is 2. The van der Waals surface area contributed by atoms with Gasteiger partial charge in [0.15, 0.2) is 17.6 Å². The highest BCUT2D eigenvalue weighted by molar-refractivity contribution is 5.41. The van der Waals surface area contributed by atoms with E-state index in [-0.39, 0.29) is 6.61 Å². The number of aromatic nitrogens is 1. The van der Waals surface area contributed by atoms with Crippen LogP contribution in [-0.2, 0) is 0 Å². The number of rotatable bonds is 3. The highest BCUT2D eigenvalue weighted by atomic mass is 16.6. The molecule has 104 valence electrons. The van der Waals surface area contributed by atoms with Crippen molar-refractivity contribution in [3.8, 4) is 17.2 Å². The molecule has 0 saturated carbocycles. The van der Waals surface area contributed by atoms with Gasteiger partial charge in [0.2, 0.25) is 0 Å². The van der Waals surface area contributed by atoms with Gasteiger partial charge in [0.25, 0.3) is 0 Å². The number of aliphatic hydroxyl groups excluding tert-OH is 1. The van der Waals surface area contributed by atoms with Crippen LogP contribution in [0.5, 0.6) is 17.2 Å². The maximum atomic E-state index is 10.4. The second-order valence-electron chi connectivity index (χ2n) is 4.52.